The van der Waals surface area contributed by atoms with Gasteiger partial charge in [0.2, 0.25) is 0 Å². The number of hydrogen-bond acceptors (Lipinski definition) is 10. The van der Waals surface area contributed by atoms with Gasteiger partial charge in [0.1, 0.15) is 18.2 Å². The van der Waals surface area contributed by atoms with Gasteiger partial charge in [-0.05, 0) is 29.8 Å². The fraction of sp³-hybridized carbons (Fsp3) is 0.517. The van der Waals surface area contributed by atoms with Crippen molar-refractivity contribution in [2.45, 2.75) is 0 Å². The molecule has 0 radical (unpaired) electrons. The molecule has 0 amide bonds. The summed E-state index contributed by atoms with van der Waals surface area (Å²) in [5.41, 5.74) is 9.09. The highest BCUT2D eigenvalue weighted by molar-refractivity contribution is 5.95. The van der Waals surface area contributed by atoms with Crippen LogP contribution >= 0.6 is 0 Å². The van der Waals surface area contributed by atoms with E-state index in [2.05, 4.69) is 5.10 Å². The highest BCUT2D eigenvalue weighted by Crippen LogP contribution is 2.25. The van der Waals surface area contributed by atoms with Crippen LogP contribution in [0.1, 0.15) is 5.56 Å². The number of rotatable bonds is 24. The zero-order valence-corrected chi connectivity index (χ0v) is 23.8. The number of nitrogen functional groups attached to an aromatic ring is 1. The predicted octanol–water partition coefficient (Wildman–Crippen LogP) is 2.41. The minimum atomic E-state index is -0.00128. The maximum Gasteiger partial charge on any atom is 0.124 e. The van der Waals surface area contributed by atoms with E-state index in [0.717, 1.165) is 22.4 Å². The first-order valence-electron chi connectivity index (χ1n) is 13.7. The molecular weight excluding hydrogens is 532 g/mol. The zero-order chi connectivity index (χ0) is 29.0. The lowest BCUT2D eigenvalue weighted by Crippen LogP contribution is -2.15. The summed E-state index contributed by atoms with van der Waals surface area (Å²) in [6.07, 6.45) is 3.52. The first kappa shape index (κ1) is 32.4. The van der Waals surface area contributed by atoms with Crippen LogP contribution in [0.25, 0.3) is 16.6 Å². The van der Waals surface area contributed by atoms with E-state index in [9.17, 15) is 0 Å². The van der Waals surface area contributed by atoms with Crippen LogP contribution in [0.4, 0.5) is 0 Å². The van der Waals surface area contributed by atoms with Crippen molar-refractivity contribution in [3.8, 4) is 16.9 Å². The normalized spacial score (nSPS) is 11.3. The molecule has 0 spiro atoms. The van der Waals surface area contributed by atoms with E-state index in [0.29, 0.717) is 98.1 Å². The molecule has 3 rings (SSSR count). The van der Waals surface area contributed by atoms with Crippen LogP contribution in [-0.4, -0.2) is 115 Å². The van der Waals surface area contributed by atoms with Crippen molar-refractivity contribution in [2.75, 3.05) is 99.6 Å². The standard InChI is InChI=1S/C29H42N4O8/c1-34-6-7-35-8-9-36-10-11-37-12-13-38-14-15-39-16-17-40-18-19-41-28-4-2-24(3-5-28)26-21-27-20-25(29(30)31)22-32-33(27)23-26/h2-5,20-23H,6-19H2,1H3,(H3,30,31). The van der Waals surface area contributed by atoms with Gasteiger partial charge in [0.05, 0.1) is 97.6 Å². The number of methoxy groups -OCH3 is 1. The maximum absolute atomic E-state index is 7.57. The second kappa shape index (κ2) is 19.9. The Morgan fingerprint density at radius 1 is 0.683 bits per heavy atom. The Balaban J connectivity index is 1.12. The number of hydrogen-bond donors (Lipinski definition) is 2. The fourth-order valence-corrected chi connectivity index (χ4v) is 3.61. The highest BCUT2D eigenvalue weighted by atomic mass is 16.6. The van der Waals surface area contributed by atoms with Gasteiger partial charge in [-0.2, -0.15) is 5.10 Å². The summed E-state index contributed by atoms with van der Waals surface area (Å²) in [6.45, 7) is 7.28. The number of fused-ring (bicyclic) bond motifs is 1. The van der Waals surface area contributed by atoms with Gasteiger partial charge < -0.3 is 43.6 Å². The number of ether oxygens (including phenoxy) is 8. The number of nitrogens with two attached hydrogens (primary N) is 1. The molecule has 0 saturated heterocycles. The van der Waals surface area contributed by atoms with Crippen molar-refractivity contribution < 1.29 is 37.9 Å². The van der Waals surface area contributed by atoms with Crippen molar-refractivity contribution in [1.82, 2.24) is 9.61 Å². The van der Waals surface area contributed by atoms with Crippen LogP contribution in [0.15, 0.2) is 48.8 Å². The molecule has 2 heterocycles. The summed E-state index contributed by atoms with van der Waals surface area (Å²) in [7, 11) is 1.64. The summed E-state index contributed by atoms with van der Waals surface area (Å²) < 4.78 is 45.1. The monoisotopic (exact) mass is 574 g/mol. The lowest BCUT2D eigenvalue weighted by atomic mass is 10.1. The molecule has 0 aliphatic heterocycles. The van der Waals surface area contributed by atoms with Crippen molar-refractivity contribution in [3.63, 3.8) is 0 Å². The summed E-state index contributed by atoms with van der Waals surface area (Å²) in [5, 5.41) is 11.9. The molecule has 41 heavy (non-hydrogen) atoms. The second-order valence-corrected chi connectivity index (χ2v) is 8.80. The quantitative estimate of drug-likeness (QED) is 0.0931. The molecule has 0 fully saturated rings. The van der Waals surface area contributed by atoms with Gasteiger partial charge in [0.25, 0.3) is 0 Å². The molecule has 0 aliphatic carbocycles. The SMILES string of the molecule is COCCOCCOCCOCCOCCOCCOCCOc1ccc(-c2cc3cc(C(=N)N)cnn3c2)cc1. The summed E-state index contributed by atoms with van der Waals surface area (Å²) in [5.74, 6) is 0.768. The van der Waals surface area contributed by atoms with Crippen LogP contribution < -0.4 is 10.5 Å². The van der Waals surface area contributed by atoms with Crippen molar-refractivity contribution >= 4 is 11.4 Å². The Hall–Kier alpha value is -3.10. The molecule has 0 unspecified atom stereocenters. The van der Waals surface area contributed by atoms with E-state index in [1.807, 2.05) is 42.6 Å². The molecule has 0 aliphatic rings. The number of nitrogens with one attached hydrogen (secondary N) is 1. The molecule has 12 heteroatoms. The summed E-state index contributed by atoms with van der Waals surface area (Å²) in [4.78, 5) is 0. The first-order valence-corrected chi connectivity index (χ1v) is 13.7. The Bertz CT molecular complexity index is 1130. The van der Waals surface area contributed by atoms with Crippen LogP contribution in [0.5, 0.6) is 5.75 Å². The minimum absolute atomic E-state index is 0.00128. The Morgan fingerprint density at radius 2 is 1.17 bits per heavy atom. The number of amidine groups is 1. The van der Waals surface area contributed by atoms with E-state index in [1.165, 1.54) is 0 Å². The maximum atomic E-state index is 7.57. The number of nitrogens with zero attached hydrogens (tertiary/aromatic N) is 2. The smallest absolute Gasteiger partial charge is 0.124 e. The molecule has 3 N–H and O–H groups in total. The van der Waals surface area contributed by atoms with Gasteiger partial charge in [0, 0.05) is 24.4 Å². The molecule has 2 aromatic heterocycles. The number of aromatic nitrogens is 2. The third-order valence-electron chi connectivity index (χ3n) is 5.74. The van der Waals surface area contributed by atoms with Crippen molar-refractivity contribution in [1.29, 1.82) is 5.41 Å². The van der Waals surface area contributed by atoms with Crippen LogP contribution in [0.2, 0.25) is 0 Å². The lowest BCUT2D eigenvalue weighted by molar-refractivity contribution is -0.0199. The van der Waals surface area contributed by atoms with Gasteiger partial charge in [-0.25, -0.2) is 4.52 Å². The topological polar surface area (TPSA) is 141 Å². The third kappa shape index (κ3) is 13.0. The Labute approximate surface area is 241 Å². The molecular formula is C29H42N4O8. The van der Waals surface area contributed by atoms with Crippen LogP contribution in [0.3, 0.4) is 0 Å². The first-order chi connectivity index (χ1) is 20.2. The third-order valence-corrected chi connectivity index (χ3v) is 5.74. The highest BCUT2D eigenvalue weighted by Gasteiger charge is 2.06. The molecule has 226 valence electrons. The van der Waals surface area contributed by atoms with Crippen LogP contribution in [-0.2, 0) is 33.2 Å². The molecule has 3 aromatic rings. The second-order valence-electron chi connectivity index (χ2n) is 8.80. The van der Waals surface area contributed by atoms with E-state index in [-0.39, 0.29) is 5.84 Å². The molecule has 1 aromatic carbocycles. The Kier molecular flexibility index (Phi) is 15.7. The fourth-order valence-electron chi connectivity index (χ4n) is 3.61. The average Bonchev–Trinajstić information content (AvgIpc) is 3.42. The molecule has 0 bridgehead atoms. The number of benzene rings is 1. The van der Waals surface area contributed by atoms with Gasteiger partial charge in [-0.15, -0.1) is 0 Å². The van der Waals surface area contributed by atoms with E-state index in [4.69, 9.17) is 49.0 Å². The summed E-state index contributed by atoms with van der Waals surface area (Å²) >= 11 is 0. The van der Waals surface area contributed by atoms with Gasteiger partial charge in [-0.3, -0.25) is 5.41 Å². The van der Waals surface area contributed by atoms with Crippen LogP contribution in [0, 0.1) is 5.41 Å². The van der Waals surface area contributed by atoms with E-state index < -0.39 is 0 Å². The van der Waals surface area contributed by atoms with Gasteiger partial charge in [0.15, 0.2) is 0 Å². The van der Waals surface area contributed by atoms with Gasteiger partial charge >= 0.3 is 0 Å². The molecule has 12 nitrogen and oxygen atoms in total. The van der Waals surface area contributed by atoms with E-state index >= 15 is 0 Å². The van der Waals surface area contributed by atoms with E-state index in [1.54, 1.807) is 17.8 Å². The Morgan fingerprint density at radius 3 is 1.66 bits per heavy atom. The summed E-state index contributed by atoms with van der Waals surface area (Å²) in [6, 6.07) is 11.7. The molecule has 0 atom stereocenters. The average molecular weight is 575 g/mol. The zero-order valence-electron chi connectivity index (χ0n) is 23.8. The van der Waals surface area contributed by atoms with Crippen molar-refractivity contribution in [2.24, 2.45) is 5.73 Å². The molecule has 0 saturated carbocycles. The van der Waals surface area contributed by atoms with Gasteiger partial charge in [-0.1, -0.05) is 12.1 Å². The predicted molar refractivity (Wildman–Crippen MR) is 154 cm³/mol. The van der Waals surface area contributed by atoms with Crippen molar-refractivity contribution in [3.05, 3.63) is 54.4 Å². The lowest BCUT2D eigenvalue weighted by Gasteiger charge is -2.09. The minimum Gasteiger partial charge on any atom is -0.491 e. The largest absolute Gasteiger partial charge is 0.491 e.